The zero-order valence-electron chi connectivity index (χ0n) is 7.38. The Balaban J connectivity index is 2.44. The summed E-state index contributed by atoms with van der Waals surface area (Å²) in [6.07, 6.45) is 0. The number of hydrogen-bond acceptors (Lipinski definition) is 3. The van der Waals surface area contributed by atoms with Crippen LogP contribution in [0, 0.1) is 0 Å². The van der Waals surface area contributed by atoms with E-state index in [4.69, 9.17) is 23.2 Å². The Labute approximate surface area is 109 Å². The minimum absolute atomic E-state index is 0.388. The van der Waals surface area contributed by atoms with Gasteiger partial charge in [0.05, 0.1) is 5.88 Å². The van der Waals surface area contributed by atoms with Crippen molar-refractivity contribution in [1.82, 2.24) is 10.2 Å². The molecular formula is C9H5BrCl2N2S. The fraction of sp³-hybridized carbons (Fsp3) is 0.111. The van der Waals surface area contributed by atoms with Crippen LogP contribution in [0.25, 0.3) is 10.6 Å². The Morgan fingerprint density at radius 2 is 2.07 bits per heavy atom. The van der Waals surface area contributed by atoms with Crippen LogP contribution in [0.5, 0.6) is 0 Å². The normalized spacial score (nSPS) is 10.6. The molecule has 6 heteroatoms. The van der Waals surface area contributed by atoms with Gasteiger partial charge >= 0.3 is 0 Å². The predicted octanol–water partition coefficient (Wildman–Crippen LogP) is 4.36. The number of nitrogens with zero attached hydrogens (tertiary/aromatic N) is 2. The summed E-state index contributed by atoms with van der Waals surface area (Å²) in [6, 6.07) is 5.63. The molecule has 15 heavy (non-hydrogen) atoms. The number of hydrogen-bond donors (Lipinski definition) is 0. The van der Waals surface area contributed by atoms with Crippen LogP contribution in [0.1, 0.15) is 5.01 Å². The van der Waals surface area contributed by atoms with E-state index in [0.717, 1.165) is 20.1 Å². The van der Waals surface area contributed by atoms with Gasteiger partial charge in [-0.2, -0.15) is 0 Å². The van der Waals surface area contributed by atoms with Gasteiger partial charge in [0.25, 0.3) is 0 Å². The van der Waals surface area contributed by atoms with Gasteiger partial charge in [-0.05, 0) is 18.2 Å². The molecule has 0 radical (unpaired) electrons. The summed E-state index contributed by atoms with van der Waals surface area (Å²) in [7, 11) is 0. The van der Waals surface area contributed by atoms with Crippen LogP contribution in [0.2, 0.25) is 5.02 Å². The third-order valence-corrected chi connectivity index (χ3v) is 3.75. The summed E-state index contributed by atoms with van der Waals surface area (Å²) >= 11 is 16.5. The molecule has 0 unspecified atom stereocenters. The van der Waals surface area contributed by atoms with E-state index >= 15 is 0 Å². The molecule has 0 spiro atoms. The van der Waals surface area contributed by atoms with Gasteiger partial charge in [0, 0.05) is 15.1 Å². The van der Waals surface area contributed by atoms with Crippen LogP contribution in [-0.4, -0.2) is 10.2 Å². The monoisotopic (exact) mass is 322 g/mol. The lowest BCUT2D eigenvalue weighted by atomic mass is 10.2. The Bertz CT molecular complexity index is 466. The first-order valence-corrected chi connectivity index (χ1v) is 6.56. The van der Waals surface area contributed by atoms with E-state index in [0.29, 0.717) is 10.9 Å². The highest BCUT2D eigenvalue weighted by Gasteiger charge is 2.07. The van der Waals surface area contributed by atoms with Crippen molar-refractivity contribution in [2.75, 3.05) is 0 Å². The second-order valence-electron chi connectivity index (χ2n) is 2.79. The number of benzene rings is 1. The highest BCUT2D eigenvalue weighted by molar-refractivity contribution is 9.10. The fourth-order valence-corrected chi connectivity index (χ4v) is 2.86. The smallest absolute Gasteiger partial charge is 0.142 e. The highest BCUT2D eigenvalue weighted by atomic mass is 79.9. The molecule has 0 atom stereocenters. The molecule has 0 fully saturated rings. The molecule has 78 valence electrons. The Kier molecular flexibility index (Phi) is 3.61. The molecule has 0 aliphatic carbocycles. The lowest BCUT2D eigenvalue weighted by Gasteiger charge is -1.97. The van der Waals surface area contributed by atoms with E-state index in [1.165, 1.54) is 11.3 Å². The number of aromatic nitrogens is 2. The second kappa shape index (κ2) is 4.78. The van der Waals surface area contributed by atoms with Crippen LogP contribution in [-0.2, 0) is 5.88 Å². The van der Waals surface area contributed by atoms with Crippen LogP contribution in [0.15, 0.2) is 22.7 Å². The standard InChI is InChI=1S/C9H5BrCl2N2S/c10-6-1-5(2-7(12)3-6)9-14-13-8(4-11)15-9/h1-3H,4H2. The van der Waals surface area contributed by atoms with E-state index in [9.17, 15) is 0 Å². The lowest BCUT2D eigenvalue weighted by Crippen LogP contribution is -1.78. The van der Waals surface area contributed by atoms with Gasteiger partial charge in [-0.3, -0.25) is 0 Å². The molecule has 0 aliphatic rings. The molecule has 2 rings (SSSR count). The maximum Gasteiger partial charge on any atom is 0.147 e. The quantitative estimate of drug-likeness (QED) is 0.767. The Morgan fingerprint density at radius 1 is 1.27 bits per heavy atom. The summed E-state index contributed by atoms with van der Waals surface area (Å²) in [6.45, 7) is 0. The first kappa shape index (κ1) is 11.3. The van der Waals surface area contributed by atoms with Crippen molar-refractivity contribution in [2.24, 2.45) is 0 Å². The molecular weight excluding hydrogens is 319 g/mol. The average molecular weight is 324 g/mol. The summed E-state index contributed by atoms with van der Waals surface area (Å²) < 4.78 is 0.924. The van der Waals surface area contributed by atoms with Gasteiger partial charge in [-0.25, -0.2) is 0 Å². The SMILES string of the molecule is ClCc1nnc(-c2cc(Cl)cc(Br)c2)s1. The summed E-state index contributed by atoms with van der Waals surface area (Å²) in [4.78, 5) is 0. The zero-order valence-corrected chi connectivity index (χ0v) is 11.3. The van der Waals surface area contributed by atoms with Crippen molar-refractivity contribution in [1.29, 1.82) is 0 Å². The van der Waals surface area contributed by atoms with Gasteiger partial charge in [-0.15, -0.1) is 21.8 Å². The van der Waals surface area contributed by atoms with Gasteiger partial charge in [0.1, 0.15) is 10.0 Å². The molecule has 0 N–H and O–H groups in total. The van der Waals surface area contributed by atoms with Crippen molar-refractivity contribution in [3.8, 4) is 10.6 Å². The lowest BCUT2D eigenvalue weighted by molar-refractivity contribution is 1.04. The van der Waals surface area contributed by atoms with E-state index in [1.54, 1.807) is 0 Å². The largest absolute Gasteiger partial charge is 0.147 e. The maximum absolute atomic E-state index is 5.94. The second-order valence-corrected chi connectivity index (χ2v) is 5.47. The first-order valence-electron chi connectivity index (χ1n) is 4.04. The molecule has 2 nitrogen and oxygen atoms in total. The van der Waals surface area contributed by atoms with Crippen LogP contribution < -0.4 is 0 Å². The van der Waals surface area contributed by atoms with Gasteiger partial charge in [0.2, 0.25) is 0 Å². The minimum atomic E-state index is 0.388. The molecule has 1 aromatic carbocycles. The molecule has 0 aliphatic heterocycles. The van der Waals surface area contributed by atoms with Crippen molar-refractivity contribution in [2.45, 2.75) is 5.88 Å². The molecule has 2 aromatic rings. The molecule has 0 saturated carbocycles. The van der Waals surface area contributed by atoms with Crippen LogP contribution in [0.4, 0.5) is 0 Å². The van der Waals surface area contributed by atoms with E-state index in [-0.39, 0.29) is 0 Å². The third-order valence-electron chi connectivity index (χ3n) is 1.69. The number of alkyl halides is 1. The van der Waals surface area contributed by atoms with E-state index in [2.05, 4.69) is 26.1 Å². The van der Waals surface area contributed by atoms with Crippen LogP contribution in [0.3, 0.4) is 0 Å². The fourth-order valence-electron chi connectivity index (χ4n) is 1.10. The molecule has 0 amide bonds. The zero-order chi connectivity index (χ0) is 10.8. The predicted molar refractivity (Wildman–Crippen MR) is 67.6 cm³/mol. The molecule has 1 heterocycles. The van der Waals surface area contributed by atoms with E-state index < -0.39 is 0 Å². The van der Waals surface area contributed by atoms with Crippen molar-refractivity contribution < 1.29 is 0 Å². The van der Waals surface area contributed by atoms with Gasteiger partial charge < -0.3 is 0 Å². The van der Waals surface area contributed by atoms with Gasteiger partial charge in [0.15, 0.2) is 0 Å². The number of rotatable bonds is 2. The first-order chi connectivity index (χ1) is 7.19. The topological polar surface area (TPSA) is 25.8 Å². The van der Waals surface area contributed by atoms with Gasteiger partial charge in [-0.1, -0.05) is 38.9 Å². The van der Waals surface area contributed by atoms with Crippen molar-refractivity contribution >= 4 is 50.5 Å². The highest BCUT2D eigenvalue weighted by Crippen LogP contribution is 2.29. The summed E-state index contributed by atoms with van der Waals surface area (Å²) in [5.74, 6) is 0.388. The maximum atomic E-state index is 5.94. The third kappa shape index (κ3) is 2.69. The van der Waals surface area contributed by atoms with Crippen LogP contribution >= 0.6 is 50.5 Å². The molecule has 0 saturated heterocycles. The number of halogens is 3. The average Bonchev–Trinajstić information content (AvgIpc) is 2.64. The van der Waals surface area contributed by atoms with Crippen molar-refractivity contribution in [3.05, 3.63) is 32.7 Å². The summed E-state index contributed by atoms with van der Waals surface area (Å²) in [5.41, 5.74) is 0.947. The Morgan fingerprint density at radius 3 is 2.67 bits per heavy atom. The Hall–Kier alpha value is -0.160. The molecule has 1 aromatic heterocycles. The molecule has 0 bridgehead atoms. The van der Waals surface area contributed by atoms with E-state index in [1.807, 2.05) is 18.2 Å². The minimum Gasteiger partial charge on any atom is -0.142 e. The summed E-state index contributed by atoms with van der Waals surface area (Å²) in [5, 5.41) is 10.3. The van der Waals surface area contributed by atoms with Crippen molar-refractivity contribution in [3.63, 3.8) is 0 Å².